The van der Waals surface area contributed by atoms with Crippen LogP contribution >= 0.6 is 0 Å². The molecule has 0 fully saturated rings. The number of nitrogens with zero attached hydrogens (tertiary/aromatic N) is 3. The largest absolute Gasteiger partial charge is 0.492 e. The smallest absolute Gasteiger partial charge is 0.336 e. The number of hydrogen-bond donors (Lipinski definition) is 6. The second kappa shape index (κ2) is 18.3. The van der Waals surface area contributed by atoms with Crippen molar-refractivity contribution in [1.82, 2.24) is 9.88 Å². The van der Waals surface area contributed by atoms with Crippen LogP contribution in [-0.2, 0) is 19.2 Å². The van der Waals surface area contributed by atoms with Crippen LogP contribution in [0.25, 0.3) is 10.9 Å². The highest BCUT2D eigenvalue weighted by Gasteiger charge is 2.40. The minimum absolute atomic E-state index is 0.278. The lowest BCUT2D eigenvalue weighted by molar-refractivity contribution is -0.170. The lowest BCUT2D eigenvalue weighted by Gasteiger charge is -2.18. The Bertz CT molecular complexity index is 1910. The van der Waals surface area contributed by atoms with Crippen LogP contribution in [0.5, 0.6) is 17.2 Å². The molecule has 0 atom stereocenters. The van der Waals surface area contributed by atoms with E-state index in [1.807, 2.05) is 80.5 Å². The van der Waals surface area contributed by atoms with Gasteiger partial charge < -0.3 is 45.4 Å². The Kier molecular flexibility index (Phi) is 14.0. The third kappa shape index (κ3) is 11.9. The van der Waals surface area contributed by atoms with Crippen molar-refractivity contribution >= 4 is 51.8 Å². The fourth-order valence-corrected chi connectivity index (χ4v) is 4.45. The number of nitriles is 1. The summed E-state index contributed by atoms with van der Waals surface area (Å²) >= 11 is 0. The van der Waals surface area contributed by atoms with Crippen LogP contribution in [0.3, 0.4) is 0 Å². The Morgan fingerprint density at radius 3 is 2.14 bits per heavy atom. The number of aliphatic carboxylic acids is 3. The highest BCUT2D eigenvalue weighted by atomic mass is 16.5. The second-order valence-electron chi connectivity index (χ2n) is 11.2. The van der Waals surface area contributed by atoms with Gasteiger partial charge in [0.05, 0.1) is 41.9 Å². The molecular weight excluding hydrogens is 662 g/mol. The molecule has 51 heavy (non-hydrogen) atoms. The van der Waals surface area contributed by atoms with Gasteiger partial charge in [0.2, 0.25) is 5.91 Å². The number of aromatic nitrogens is 1. The summed E-state index contributed by atoms with van der Waals surface area (Å²) in [6, 6.07) is 22.7. The number of para-hydroxylation sites is 1. The topological polar surface area (TPSA) is 232 Å². The average Bonchev–Trinajstić information content (AvgIpc) is 3.06. The number of anilines is 3. The summed E-state index contributed by atoms with van der Waals surface area (Å²) in [5, 5.41) is 50.5. The number of benzene rings is 3. The molecule has 0 saturated heterocycles. The van der Waals surface area contributed by atoms with Crippen molar-refractivity contribution in [3.05, 3.63) is 90.6 Å². The summed E-state index contributed by atoms with van der Waals surface area (Å²) in [5.74, 6) is -3.36. The molecule has 4 rings (SSSR count). The van der Waals surface area contributed by atoms with E-state index < -0.39 is 36.4 Å². The highest BCUT2D eigenvalue weighted by molar-refractivity contribution is 6.05. The number of rotatable bonds is 15. The summed E-state index contributed by atoms with van der Waals surface area (Å²) in [7, 11) is 3.86. The number of carboxylic acids is 3. The van der Waals surface area contributed by atoms with E-state index in [0.29, 0.717) is 52.5 Å². The van der Waals surface area contributed by atoms with Crippen LogP contribution in [-0.4, -0.2) is 87.0 Å². The summed E-state index contributed by atoms with van der Waals surface area (Å²) < 4.78 is 11.7. The molecule has 1 amide bonds. The van der Waals surface area contributed by atoms with Gasteiger partial charge in [-0.15, -0.1) is 0 Å². The van der Waals surface area contributed by atoms with Gasteiger partial charge in [0, 0.05) is 36.0 Å². The fraction of sp³-hybridized carbons (Fsp3) is 0.222. The number of pyridine rings is 1. The molecule has 0 unspecified atom stereocenters. The summed E-state index contributed by atoms with van der Waals surface area (Å²) in [5.41, 5.74) is 0.0916. The molecule has 4 aromatic rings. The quantitative estimate of drug-likeness (QED) is 0.0911. The van der Waals surface area contributed by atoms with Gasteiger partial charge in [-0.05, 0) is 63.5 Å². The standard InChI is InChI=1S/C30H29N5O3.C6H8O7/c1-4-37-28-18-26-25(17-27(28)34-29(36)11-8-16-35(2)3)30(21(19-31)20-32-26)33-22-12-14-24(15-13-22)38-23-9-6-5-7-10-23;7-3(8)1-6(13,5(11)12)2-4(9)10/h5-15,17-18,20H,4,16H2,1-3H3,(H,32,33)(H,34,36);13H,1-2H2,(H,7,8)(H,9,10)(H,11,12)/b11-8+;. The SMILES string of the molecule is CCOc1cc2ncc(C#N)c(Nc3ccc(Oc4ccccc4)cc3)c2cc1NC(=O)/C=C/CN(C)C.O=C(O)CC(O)(CC(=O)O)C(=O)O. The van der Waals surface area contributed by atoms with E-state index in [0.717, 1.165) is 11.4 Å². The monoisotopic (exact) mass is 699 g/mol. The van der Waals surface area contributed by atoms with Gasteiger partial charge in [-0.25, -0.2) is 4.79 Å². The van der Waals surface area contributed by atoms with Crippen LogP contribution in [0, 0.1) is 11.3 Å². The van der Waals surface area contributed by atoms with Crippen LogP contribution in [0.15, 0.2) is 85.1 Å². The zero-order valence-electron chi connectivity index (χ0n) is 28.0. The Morgan fingerprint density at radius 1 is 0.961 bits per heavy atom. The lowest BCUT2D eigenvalue weighted by atomic mass is 9.96. The minimum Gasteiger partial charge on any atom is -0.492 e. The first-order valence-electron chi connectivity index (χ1n) is 15.4. The van der Waals surface area contributed by atoms with E-state index in [-0.39, 0.29) is 5.91 Å². The van der Waals surface area contributed by atoms with Gasteiger partial charge in [0.25, 0.3) is 0 Å². The van der Waals surface area contributed by atoms with E-state index in [4.69, 9.17) is 29.9 Å². The first kappa shape index (κ1) is 38.9. The Labute approximate surface area is 293 Å². The molecule has 266 valence electrons. The second-order valence-corrected chi connectivity index (χ2v) is 11.2. The highest BCUT2D eigenvalue weighted by Crippen LogP contribution is 2.36. The van der Waals surface area contributed by atoms with Crippen molar-refractivity contribution in [1.29, 1.82) is 5.26 Å². The summed E-state index contributed by atoms with van der Waals surface area (Å²) in [6.45, 7) is 2.93. The molecule has 0 aliphatic rings. The number of carbonyl (C=O) groups excluding carboxylic acids is 1. The Balaban J connectivity index is 0.000000460. The number of carboxylic acid groups (broad SMARTS) is 3. The van der Waals surface area contributed by atoms with Crippen molar-refractivity contribution in [3.8, 4) is 23.3 Å². The normalized spacial score (nSPS) is 10.9. The third-order valence-corrected chi connectivity index (χ3v) is 6.78. The average molecular weight is 700 g/mol. The van der Waals surface area contributed by atoms with Crippen LogP contribution in [0.4, 0.5) is 17.1 Å². The van der Waals surface area contributed by atoms with Gasteiger partial charge in [-0.1, -0.05) is 24.3 Å². The molecule has 15 heteroatoms. The van der Waals surface area contributed by atoms with Crippen molar-refractivity contribution < 1.29 is 49.1 Å². The van der Waals surface area contributed by atoms with Crippen molar-refractivity contribution in [2.24, 2.45) is 0 Å². The molecule has 1 aromatic heterocycles. The van der Waals surface area contributed by atoms with E-state index in [9.17, 15) is 24.4 Å². The Hall–Kier alpha value is -6.50. The molecular formula is C36H37N5O10. The summed E-state index contributed by atoms with van der Waals surface area (Å²) in [6.07, 6.45) is 2.51. The first-order chi connectivity index (χ1) is 24.2. The maximum Gasteiger partial charge on any atom is 0.336 e. The number of carbonyl (C=O) groups is 4. The molecule has 3 aromatic carbocycles. The third-order valence-electron chi connectivity index (χ3n) is 6.78. The van der Waals surface area contributed by atoms with Crippen LogP contribution in [0.2, 0.25) is 0 Å². The van der Waals surface area contributed by atoms with Gasteiger partial charge in [-0.3, -0.25) is 19.4 Å². The number of amides is 1. The molecule has 15 nitrogen and oxygen atoms in total. The molecule has 0 saturated carbocycles. The van der Waals surface area contributed by atoms with Crippen molar-refractivity contribution in [2.75, 3.05) is 37.9 Å². The van der Waals surface area contributed by atoms with Gasteiger partial charge in [0.15, 0.2) is 5.60 Å². The van der Waals surface area contributed by atoms with E-state index >= 15 is 0 Å². The molecule has 0 bridgehead atoms. The molecule has 0 aliphatic carbocycles. The minimum atomic E-state index is -2.74. The van der Waals surface area contributed by atoms with Crippen LogP contribution in [0.1, 0.15) is 25.3 Å². The van der Waals surface area contributed by atoms with Crippen molar-refractivity contribution in [2.45, 2.75) is 25.4 Å². The maximum absolute atomic E-state index is 12.6. The number of nitrogens with one attached hydrogen (secondary N) is 2. The molecule has 1 heterocycles. The summed E-state index contributed by atoms with van der Waals surface area (Å²) in [4.78, 5) is 49.5. The number of ether oxygens (including phenoxy) is 2. The number of aliphatic hydroxyl groups is 1. The maximum atomic E-state index is 12.6. The van der Waals surface area contributed by atoms with Gasteiger partial charge >= 0.3 is 17.9 Å². The number of fused-ring (bicyclic) bond motifs is 1. The first-order valence-corrected chi connectivity index (χ1v) is 15.4. The lowest BCUT2D eigenvalue weighted by Crippen LogP contribution is -2.42. The van der Waals surface area contributed by atoms with Crippen LogP contribution < -0.4 is 20.1 Å². The number of likely N-dealkylation sites (N-methyl/N-ethyl adjacent to an activating group) is 1. The van der Waals surface area contributed by atoms with E-state index in [2.05, 4.69) is 21.7 Å². The zero-order valence-corrected chi connectivity index (χ0v) is 28.0. The fourth-order valence-electron chi connectivity index (χ4n) is 4.45. The van der Waals surface area contributed by atoms with Crippen molar-refractivity contribution in [3.63, 3.8) is 0 Å². The zero-order chi connectivity index (χ0) is 37.6. The molecule has 0 aliphatic heterocycles. The number of hydrogen-bond acceptors (Lipinski definition) is 11. The van der Waals surface area contributed by atoms with E-state index in [1.165, 1.54) is 12.3 Å². The predicted octanol–water partition coefficient (Wildman–Crippen LogP) is 4.85. The van der Waals surface area contributed by atoms with Gasteiger partial charge in [-0.2, -0.15) is 5.26 Å². The molecule has 0 radical (unpaired) electrons. The molecule has 0 spiro atoms. The predicted molar refractivity (Wildman–Crippen MR) is 187 cm³/mol. The van der Waals surface area contributed by atoms with Gasteiger partial charge in [0.1, 0.15) is 23.3 Å². The Morgan fingerprint density at radius 2 is 1.59 bits per heavy atom. The van der Waals surface area contributed by atoms with E-state index in [1.54, 1.807) is 18.2 Å². The molecule has 6 N–H and O–H groups in total.